The average molecular weight is 246 g/mol. The van der Waals surface area contributed by atoms with Crippen LogP contribution in [0.1, 0.15) is 30.4 Å². The Labute approximate surface area is 107 Å². The van der Waals surface area contributed by atoms with E-state index in [4.69, 9.17) is 20.5 Å². The molecule has 0 aliphatic heterocycles. The van der Waals surface area contributed by atoms with Crippen LogP contribution in [-0.2, 0) is 11.3 Å². The molecule has 4 nitrogen and oxygen atoms in total. The first-order valence-electron chi connectivity index (χ1n) is 6.17. The van der Waals surface area contributed by atoms with E-state index in [2.05, 4.69) is 6.07 Å². The molecule has 18 heavy (non-hydrogen) atoms. The lowest BCUT2D eigenvalue weighted by atomic mass is 10.1. The second kappa shape index (κ2) is 5.85. The van der Waals surface area contributed by atoms with Gasteiger partial charge in [0.05, 0.1) is 25.4 Å². The van der Waals surface area contributed by atoms with Gasteiger partial charge < -0.3 is 15.2 Å². The van der Waals surface area contributed by atoms with E-state index in [9.17, 15) is 0 Å². The molecule has 2 unspecified atom stereocenters. The van der Waals surface area contributed by atoms with Crippen LogP contribution < -0.4 is 10.5 Å². The minimum absolute atomic E-state index is 0.257. The summed E-state index contributed by atoms with van der Waals surface area (Å²) in [7, 11) is 1.56. The third-order valence-electron chi connectivity index (χ3n) is 3.30. The lowest BCUT2D eigenvalue weighted by Crippen LogP contribution is -2.17. The van der Waals surface area contributed by atoms with Crippen LogP contribution in [0.15, 0.2) is 18.2 Å². The fourth-order valence-corrected chi connectivity index (χ4v) is 2.27. The first-order chi connectivity index (χ1) is 8.72. The Bertz CT molecular complexity index is 454. The van der Waals surface area contributed by atoms with Crippen molar-refractivity contribution in [3.63, 3.8) is 0 Å². The van der Waals surface area contributed by atoms with Crippen molar-refractivity contribution in [1.29, 1.82) is 5.26 Å². The summed E-state index contributed by atoms with van der Waals surface area (Å²) in [5.41, 5.74) is 7.37. The molecule has 0 bridgehead atoms. The Morgan fingerprint density at radius 3 is 2.89 bits per heavy atom. The van der Waals surface area contributed by atoms with Crippen LogP contribution in [0.25, 0.3) is 0 Å². The molecule has 2 rings (SSSR count). The molecular formula is C14H18N2O2. The van der Waals surface area contributed by atoms with Gasteiger partial charge in [0, 0.05) is 6.04 Å². The van der Waals surface area contributed by atoms with Crippen molar-refractivity contribution in [3.05, 3.63) is 29.3 Å². The van der Waals surface area contributed by atoms with Crippen LogP contribution in [0.5, 0.6) is 5.75 Å². The molecule has 0 radical (unpaired) electrons. The number of hydrogen-bond acceptors (Lipinski definition) is 4. The van der Waals surface area contributed by atoms with Crippen LogP contribution in [0.3, 0.4) is 0 Å². The van der Waals surface area contributed by atoms with Crippen LogP contribution in [-0.4, -0.2) is 19.3 Å². The molecule has 0 amide bonds. The third-order valence-corrected chi connectivity index (χ3v) is 3.30. The van der Waals surface area contributed by atoms with Crippen molar-refractivity contribution in [2.75, 3.05) is 7.11 Å². The zero-order valence-electron chi connectivity index (χ0n) is 10.6. The minimum Gasteiger partial charge on any atom is -0.495 e. The monoisotopic (exact) mass is 246 g/mol. The number of nitrogens with two attached hydrogens (primary N) is 1. The number of benzene rings is 1. The van der Waals surface area contributed by atoms with Crippen molar-refractivity contribution in [3.8, 4) is 11.8 Å². The van der Waals surface area contributed by atoms with E-state index in [1.54, 1.807) is 13.2 Å². The summed E-state index contributed by atoms with van der Waals surface area (Å²) in [5.74, 6) is 0.601. The predicted molar refractivity (Wildman–Crippen MR) is 68.1 cm³/mol. The zero-order valence-corrected chi connectivity index (χ0v) is 10.6. The highest BCUT2D eigenvalue weighted by atomic mass is 16.5. The highest BCUT2D eigenvalue weighted by molar-refractivity contribution is 5.45. The third kappa shape index (κ3) is 3.00. The highest BCUT2D eigenvalue weighted by Gasteiger charge is 2.22. The van der Waals surface area contributed by atoms with Gasteiger partial charge >= 0.3 is 0 Å². The smallest absolute Gasteiger partial charge is 0.136 e. The second-order valence-electron chi connectivity index (χ2n) is 4.65. The summed E-state index contributed by atoms with van der Waals surface area (Å²) in [6.07, 6.45) is 3.26. The maximum absolute atomic E-state index is 9.00. The Balaban J connectivity index is 1.96. The normalized spacial score (nSPS) is 22.7. The van der Waals surface area contributed by atoms with Crippen LogP contribution in [0, 0.1) is 11.3 Å². The van der Waals surface area contributed by atoms with Gasteiger partial charge in [-0.05, 0) is 37.0 Å². The fourth-order valence-electron chi connectivity index (χ4n) is 2.27. The molecule has 0 heterocycles. The van der Waals surface area contributed by atoms with Gasteiger partial charge in [-0.25, -0.2) is 0 Å². The quantitative estimate of drug-likeness (QED) is 0.881. The largest absolute Gasteiger partial charge is 0.495 e. The molecule has 0 aromatic heterocycles. The molecule has 1 saturated carbocycles. The maximum atomic E-state index is 9.00. The molecule has 0 spiro atoms. The topological polar surface area (TPSA) is 68.3 Å². The van der Waals surface area contributed by atoms with E-state index in [0.29, 0.717) is 17.9 Å². The molecule has 4 heteroatoms. The number of methoxy groups -OCH3 is 1. The van der Waals surface area contributed by atoms with Crippen LogP contribution >= 0.6 is 0 Å². The van der Waals surface area contributed by atoms with Gasteiger partial charge in [0.15, 0.2) is 0 Å². The second-order valence-corrected chi connectivity index (χ2v) is 4.65. The summed E-state index contributed by atoms with van der Waals surface area (Å²) in [6.45, 7) is 0.524. The van der Waals surface area contributed by atoms with Gasteiger partial charge in [0.25, 0.3) is 0 Å². The van der Waals surface area contributed by atoms with E-state index in [-0.39, 0.29) is 12.1 Å². The SMILES string of the molecule is COc1ccc(COC2CCC(N)C2)cc1C#N. The average Bonchev–Trinajstić information content (AvgIpc) is 2.81. The Morgan fingerprint density at radius 2 is 2.28 bits per heavy atom. The first kappa shape index (κ1) is 12.9. The van der Waals surface area contributed by atoms with Crippen LogP contribution in [0.2, 0.25) is 0 Å². The fraction of sp³-hybridized carbons (Fsp3) is 0.500. The van der Waals surface area contributed by atoms with Crippen LogP contribution in [0.4, 0.5) is 0 Å². The van der Waals surface area contributed by atoms with Gasteiger partial charge in [0.2, 0.25) is 0 Å². The Morgan fingerprint density at radius 1 is 1.44 bits per heavy atom. The van der Waals surface area contributed by atoms with Crippen molar-refractivity contribution in [1.82, 2.24) is 0 Å². The van der Waals surface area contributed by atoms with E-state index in [0.717, 1.165) is 24.8 Å². The zero-order chi connectivity index (χ0) is 13.0. The number of nitriles is 1. The number of rotatable bonds is 4. The summed E-state index contributed by atoms with van der Waals surface area (Å²) in [5, 5.41) is 9.00. The Hall–Kier alpha value is -1.57. The minimum atomic E-state index is 0.257. The van der Waals surface area contributed by atoms with Gasteiger partial charge in [-0.2, -0.15) is 5.26 Å². The van der Waals surface area contributed by atoms with Crippen molar-refractivity contribution < 1.29 is 9.47 Å². The lowest BCUT2D eigenvalue weighted by Gasteiger charge is -2.12. The summed E-state index contributed by atoms with van der Waals surface area (Å²) in [4.78, 5) is 0. The molecule has 0 saturated heterocycles. The van der Waals surface area contributed by atoms with Gasteiger partial charge in [-0.3, -0.25) is 0 Å². The first-order valence-corrected chi connectivity index (χ1v) is 6.17. The molecular weight excluding hydrogens is 228 g/mol. The van der Waals surface area contributed by atoms with E-state index >= 15 is 0 Å². The predicted octanol–water partition coefficient (Wildman–Crippen LogP) is 1.96. The van der Waals surface area contributed by atoms with Crippen molar-refractivity contribution in [2.45, 2.75) is 38.0 Å². The van der Waals surface area contributed by atoms with Gasteiger partial charge in [-0.15, -0.1) is 0 Å². The summed E-state index contributed by atoms with van der Waals surface area (Å²) in [6, 6.07) is 7.94. The van der Waals surface area contributed by atoms with Crippen molar-refractivity contribution >= 4 is 0 Å². The van der Waals surface area contributed by atoms with Crippen molar-refractivity contribution in [2.24, 2.45) is 5.73 Å². The number of nitrogens with zero attached hydrogens (tertiary/aromatic N) is 1. The standard InChI is InChI=1S/C14H18N2O2/c1-17-14-5-2-10(6-11(14)8-15)9-18-13-4-3-12(16)7-13/h2,5-6,12-13H,3-4,7,9,16H2,1H3. The molecule has 1 aliphatic rings. The molecule has 1 aliphatic carbocycles. The van der Waals surface area contributed by atoms with E-state index < -0.39 is 0 Å². The molecule has 1 fully saturated rings. The summed E-state index contributed by atoms with van der Waals surface area (Å²) < 4.78 is 10.9. The number of ether oxygens (including phenoxy) is 2. The van der Waals surface area contributed by atoms with Gasteiger partial charge in [0.1, 0.15) is 11.8 Å². The Kier molecular flexibility index (Phi) is 4.19. The van der Waals surface area contributed by atoms with E-state index in [1.165, 1.54) is 0 Å². The molecule has 1 aromatic carbocycles. The van der Waals surface area contributed by atoms with E-state index in [1.807, 2.05) is 12.1 Å². The molecule has 1 aromatic rings. The molecule has 2 N–H and O–H groups in total. The lowest BCUT2D eigenvalue weighted by molar-refractivity contribution is 0.0448. The highest BCUT2D eigenvalue weighted by Crippen LogP contribution is 2.23. The number of hydrogen-bond donors (Lipinski definition) is 1. The molecule has 2 atom stereocenters. The summed E-state index contributed by atoms with van der Waals surface area (Å²) >= 11 is 0. The van der Waals surface area contributed by atoms with Gasteiger partial charge in [-0.1, -0.05) is 6.07 Å². The molecule has 96 valence electrons. The maximum Gasteiger partial charge on any atom is 0.136 e.